The molecule has 0 radical (unpaired) electrons. The molecule has 22 heavy (non-hydrogen) atoms. The van der Waals surface area contributed by atoms with Crippen LogP contribution in [-0.2, 0) is 9.53 Å². The quantitative estimate of drug-likeness (QED) is 0.764. The van der Waals surface area contributed by atoms with Gasteiger partial charge in [0.25, 0.3) is 5.91 Å². The van der Waals surface area contributed by atoms with Crippen molar-refractivity contribution in [2.75, 3.05) is 19.8 Å². The molecule has 2 N–H and O–H groups in total. The van der Waals surface area contributed by atoms with Gasteiger partial charge in [-0.05, 0) is 38.0 Å². The van der Waals surface area contributed by atoms with Crippen molar-refractivity contribution in [3.63, 3.8) is 0 Å². The van der Waals surface area contributed by atoms with Crippen LogP contribution in [0.2, 0.25) is 0 Å². The Morgan fingerprint density at radius 2 is 2.18 bits per heavy atom. The van der Waals surface area contributed by atoms with E-state index in [2.05, 4.69) is 5.32 Å². The number of ether oxygens (including phenoxy) is 1. The number of halogens is 3. The molecule has 0 bridgehead atoms. The molecule has 1 atom stereocenters. The first kappa shape index (κ1) is 17.3. The fraction of sp³-hybridized carbons (Fsp3) is 0.800. The summed E-state index contributed by atoms with van der Waals surface area (Å²) in [6, 6.07) is 0. The minimum Gasteiger partial charge on any atom is -0.396 e. The zero-order valence-electron chi connectivity index (χ0n) is 12.4. The number of aliphatic hydroxyl groups excluding tert-OH is 1. The average molecular weight is 321 g/mol. The van der Waals surface area contributed by atoms with Crippen LogP contribution in [0.1, 0.15) is 38.5 Å². The summed E-state index contributed by atoms with van der Waals surface area (Å²) in [5.74, 6) is -0.798. The van der Waals surface area contributed by atoms with Crippen molar-refractivity contribution in [3.8, 4) is 0 Å². The van der Waals surface area contributed by atoms with E-state index >= 15 is 0 Å². The number of carbonyl (C=O) groups excluding carboxylic acids is 1. The van der Waals surface area contributed by atoms with E-state index in [4.69, 9.17) is 9.84 Å². The zero-order chi connectivity index (χ0) is 16.2. The second kappa shape index (κ2) is 7.00. The number of alkyl halides is 3. The highest BCUT2D eigenvalue weighted by molar-refractivity contribution is 5.86. The Morgan fingerprint density at radius 3 is 2.77 bits per heavy atom. The molecule has 1 saturated carbocycles. The third kappa shape index (κ3) is 4.01. The van der Waals surface area contributed by atoms with Crippen LogP contribution in [0.4, 0.5) is 13.2 Å². The van der Waals surface area contributed by atoms with Gasteiger partial charge < -0.3 is 15.2 Å². The third-order valence-corrected chi connectivity index (χ3v) is 4.10. The van der Waals surface area contributed by atoms with Gasteiger partial charge in [-0.3, -0.25) is 4.79 Å². The van der Waals surface area contributed by atoms with Gasteiger partial charge in [0, 0.05) is 26.2 Å². The monoisotopic (exact) mass is 321 g/mol. The fourth-order valence-electron chi connectivity index (χ4n) is 2.61. The maximum absolute atomic E-state index is 13.6. The van der Waals surface area contributed by atoms with E-state index in [1.807, 2.05) is 0 Å². The van der Waals surface area contributed by atoms with Crippen molar-refractivity contribution < 1.29 is 27.8 Å². The summed E-state index contributed by atoms with van der Waals surface area (Å²) in [4.78, 5) is 12.2. The number of nitrogens with one attached hydrogen (secondary N) is 1. The molecule has 4 nitrogen and oxygen atoms in total. The SMILES string of the molecule is O=C(NCC1CC1)C1(C(F)(F)F)C/C(=C\CCO)CCCO1. The summed E-state index contributed by atoms with van der Waals surface area (Å²) in [6.07, 6.45) is -0.616. The molecule has 0 aromatic rings. The molecule has 7 heteroatoms. The van der Waals surface area contributed by atoms with Crippen molar-refractivity contribution in [2.45, 2.75) is 50.3 Å². The molecule has 1 saturated heterocycles. The normalized spacial score (nSPS) is 28.5. The van der Waals surface area contributed by atoms with Crippen LogP contribution in [-0.4, -0.2) is 42.5 Å². The molecule has 1 aliphatic heterocycles. The fourth-order valence-corrected chi connectivity index (χ4v) is 2.61. The lowest BCUT2D eigenvalue weighted by atomic mass is 9.90. The number of hydrogen-bond acceptors (Lipinski definition) is 3. The third-order valence-electron chi connectivity index (χ3n) is 4.10. The molecule has 1 amide bonds. The summed E-state index contributed by atoms with van der Waals surface area (Å²) in [6.45, 7) is 0.0415. The lowest BCUT2D eigenvalue weighted by molar-refractivity contribution is -0.265. The first-order valence-electron chi connectivity index (χ1n) is 7.67. The van der Waals surface area contributed by atoms with E-state index in [1.54, 1.807) is 6.08 Å². The maximum atomic E-state index is 13.6. The van der Waals surface area contributed by atoms with E-state index in [1.165, 1.54) is 0 Å². The largest absolute Gasteiger partial charge is 0.426 e. The van der Waals surface area contributed by atoms with Gasteiger partial charge in [0.15, 0.2) is 0 Å². The second-order valence-corrected chi connectivity index (χ2v) is 5.98. The standard InChI is InChI=1S/C15H22F3NO3/c16-15(17,18)14(13(21)19-10-12-5-6-12)9-11(3-1-7-20)4-2-8-22-14/h3,12,20H,1-2,4-10H2,(H,19,21)/b11-3-. The second-order valence-electron chi connectivity index (χ2n) is 5.98. The Kier molecular flexibility index (Phi) is 5.50. The first-order valence-corrected chi connectivity index (χ1v) is 7.67. The topological polar surface area (TPSA) is 58.6 Å². The molecule has 2 fully saturated rings. The highest BCUT2D eigenvalue weighted by atomic mass is 19.4. The molecule has 0 spiro atoms. The Morgan fingerprint density at radius 1 is 1.45 bits per heavy atom. The molecule has 126 valence electrons. The van der Waals surface area contributed by atoms with Crippen LogP contribution in [0.3, 0.4) is 0 Å². The minimum absolute atomic E-state index is 0.104. The van der Waals surface area contributed by atoms with Gasteiger partial charge in [-0.15, -0.1) is 0 Å². The molecule has 2 rings (SSSR count). The van der Waals surface area contributed by atoms with Crippen molar-refractivity contribution >= 4 is 5.91 Å². The number of hydrogen-bond donors (Lipinski definition) is 2. The van der Waals surface area contributed by atoms with Gasteiger partial charge in [-0.25, -0.2) is 0 Å². The molecule has 1 unspecified atom stereocenters. The van der Waals surface area contributed by atoms with Gasteiger partial charge in [0.2, 0.25) is 5.60 Å². The van der Waals surface area contributed by atoms with E-state index in [0.29, 0.717) is 24.3 Å². The molecular weight excluding hydrogens is 299 g/mol. The molecule has 0 aromatic carbocycles. The van der Waals surface area contributed by atoms with Gasteiger partial charge in [-0.1, -0.05) is 11.6 Å². The molecule has 0 aromatic heterocycles. The maximum Gasteiger partial charge on any atom is 0.426 e. The summed E-state index contributed by atoms with van der Waals surface area (Å²) < 4.78 is 45.8. The highest BCUT2D eigenvalue weighted by Crippen LogP contribution is 2.42. The van der Waals surface area contributed by atoms with Crippen LogP contribution < -0.4 is 5.32 Å². The van der Waals surface area contributed by atoms with Crippen molar-refractivity contribution in [1.29, 1.82) is 0 Å². The predicted molar refractivity (Wildman–Crippen MR) is 74.1 cm³/mol. The summed E-state index contributed by atoms with van der Waals surface area (Å²) in [5.41, 5.74) is -2.29. The lowest BCUT2D eigenvalue weighted by Gasteiger charge is -2.33. The Bertz CT molecular complexity index is 432. The molecule has 1 heterocycles. The predicted octanol–water partition coefficient (Wildman–Crippen LogP) is 2.32. The molecule has 2 aliphatic rings. The van der Waals surface area contributed by atoms with Crippen LogP contribution in [0.25, 0.3) is 0 Å². The number of amides is 1. The number of carbonyl (C=O) groups is 1. The van der Waals surface area contributed by atoms with E-state index < -0.39 is 24.1 Å². The van der Waals surface area contributed by atoms with E-state index in [-0.39, 0.29) is 26.2 Å². The van der Waals surface area contributed by atoms with Crippen LogP contribution in [0, 0.1) is 5.92 Å². The van der Waals surface area contributed by atoms with Gasteiger partial charge >= 0.3 is 6.18 Å². The van der Waals surface area contributed by atoms with Crippen molar-refractivity contribution in [2.24, 2.45) is 5.92 Å². The zero-order valence-corrected chi connectivity index (χ0v) is 12.4. The van der Waals surface area contributed by atoms with Crippen molar-refractivity contribution in [1.82, 2.24) is 5.32 Å². The summed E-state index contributed by atoms with van der Waals surface area (Å²) in [7, 11) is 0. The van der Waals surface area contributed by atoms with Crippen LogP contribution in [0.15, 0.2) is 11.6 Å². The Balaban J connectivity index is 2.19. The Labute approximate surface area is 127 Å². The van der Waals surface area contributed by atoms with E-state index in [0.717, 1.165) is 12.8 Å². The number of rotatable bonds is 5. The summed E-state index contributed by atoms with van der Waals surface area (Å²) >= 11 is 0. The van der Waals surface area contributed by atoms with E-state index in [9.17, 15) is 18.0 Å². The molecule has 1 aliphatic carbocycles. The van der Waals surface area contributed by atoms with Gasteiger partial charge in [0.1, 0.15) is 0 Å². The average Bonchev–Trinajstić information content (AvgIpc) is 3.28. The van der Waals surface area contributed by atoms with Gasteiger partial charge in [-0.2, -0.15) is 13.2 Å². The summed E-state index contributed by atoms with van der Waals surface area (Å²) in [5, 5.41) is 11.2. The highest BCUT2D eigenvalue weighted by Gasteiger charge is 2.62. The first-order chi connectivity index (χ1) is 10.4. The van der Waals surface area contributed by atoms with Crippen LogP contribution >= 0.6 is 0 Å². The van der Waals surface area contributed by atoms with Crippen molar-refractivity contribution in [3.05, 3.63) is 11.6 Å². The molecular formula is C15H22F3NO3. The van der Waals surface area contributed by atoms with Crippen LogP contribution in [0.5, 0.6) is 0 Å². The number of aliphatic hydroxyl groups is 1. The van der Waals surface area contributed by atoms with Gasteiger partial charge in [0.05, 0.1) is 0 Å². The Hall–Kier alpha value is -1.08. The lowest BCUT2D eigenvalue weighted by Crippen LogP contribution is -2.59. The smallest absolute Gasteiger partial charge is 0.396 e. The minimum atomic E-state index is -4.77.